The van der Waals surface area contributed by atoms with Crippen LogP contribution < -0.4 is 0 Å². The molecule has 1 aliphatic rings. The van der Waals surface area contributed by atoms with Crippen LogP contribution in [0.3, 0.4) is 0 Å². The molecule has 0 aliphatic heterocycles. The summed E-state index contributed by atoms with van der Waals surface area (Å²) in [4.78, 5) is 0. The average molecular weight is 142 g/mol. The summed E-state index contributed by atoms with van der Waals surface area (Å²) in [5.41, 5.74) is -0.347. The Morgan fingerprint density at radius 1 is 1.30 bits per heavy atom. The lowest BCUT2D eigenvalue weighted by atomic mass is 9.84. The predicted molar refractivity (Wildman–Crippen MR) is 42.8 cm³/mol. The molecule has 1 N–H and O–H groups in total. The summed E-state index contributed by atoms with van der Waals surface area (Å²) in [7, 11) is 0. The summed E-state index contributed by atoms with van der Waals surface area (Å²) in [6, 6.07) is 0. The molecular weight excluding hydrogens is 124 g/mol. The average Bonchev–Trinajstić information content (AvgIpc) is 2.18. The van der Waals surface area contributed by atoms with E-state index in [2.05, 4.69) is 20.8 Å². The molecule has 10 heavy (non-hydrogen) atoms. The highest BCUT2D eigenvalue weighted by molar-refractivity contribution is 4.93. The zero-order valence-electron chi connectivity index (χ0n) is 7.22. The van der Waals surface area contributed by atoms with Gasteiger partial charge in [0, 0.05) is 0 Å². The van der Waals surface area contributed by atoms with E-state index in [9.17, 15) is 5.11 Å². The molecule has 1 aliphatic carbocycles. The monoisotopic (exact) mass is 142 g/mol. The van der Waals surface area contributed by atoms with Crippen molar-refractivity contribution in [3.05, 3.63) is 0 Å². The van der Waals surface area contributed by atoms with E-state index in [-0.39, 0.29) is 5.60 Å². The highest BCUT2D eigenvalue weighted by Gasteiger charge is 2.42. The zero-order valence-corrected chi connectivity index (χ0v) is 7.22. The first-order chi connectivity index (χ1) is 4.61. The topological polar surface area (TPSA) is 20.2 Å². The highest BCUT2D eigenvalue weighted by Crippen LogP contribution is 2.42. The van der Waals surface area contributed by atoms with Gasteiger partial charge in [0.1, 0.15) is 0 Å². The highest BCUT2D eigenvalue weighted by atomic mass is 16.3. The Balaban J connectivity index is 2.70. The van der Waals surface area contributed by atoms with E-state index < -0.39 is 0 Å². The Hall–Kier alpha value is -0.0400. The van der Waals surface area contributed by atoms with Crippen molar-refractivity contribution < 1.29 is 5.11 Å². The van der Waals surface area contributed by atoms with Crippen molar-refractivity contribution in [1.29, 1.82) is 0 Å². The fourth-order valence-corrected chi connectivity index (χ4v) is 2.18. The van der Waals surface area contributed by atoms with Crippen LogP contribution in [0.15, 0.2) is 0 Å². The van der Waals surface area contributed by atoms with Crippen LogP contribution in [0.2, 0.25) is 0 Å². The summed E-state index contributed by atoms with van der Waals surface area (Å²) in [5, 5.41) is 10.0. The normalized spacial score (nSPS) is 48.0. The summed E-state index contributed by atoms with van der Waals surface area (Å²) >= 11 is 0. The van der Waals surface area contributed by atoms with Crippen LogP contribution in [0.25, 0.3) is 0 Å². The van der Waals surface area contributed by atoms with Crippen molar-refractivity contribution >= 4 is 0 Å². The molecule has 0 bridgehead atoms. The molecule has 0 radical (unpaired) electrons. The molecular formula is C9H18O. The van der Waals surface area contributed by atoms with E-state index in [0.717, 1.165) is 6.42 Å². The Morgan fingerprint density at radius 3 is 1.90 bits per heavy atom. The standard InChI is InChI=1S/C9H18O/c1-4-9(10)7(2)5-6-8(9)3/h7-8,10H,4-6H2,1-3H3. The van der Waals surface area contributed by atoms with Crippen LogP contribution >= 0.6 is 0 Å². The lowest BCUT2D eigenvalue weighted by Gasteiger charge is -2.30. The van der Waals surface area contributed by atoms with Crippen molar-refractivity contribution in [2.45, 2.75) is 45.6 Å². The second kappa shape index (κ2) is 2.54. The van der Waals surface area contributed by atoms with Gasteiger partial charge >= 0.3 is 0 Å². The number of aliphatic hydroxyl groups is 1. The fourth-order valence-electron chi connectivity index (χ4n) is 2.18. The van der Waals surface area contributed by atoms with E-state index in [1.807, 2.05) is 0 Å². The van der Waals surface area contributed by atoms with E-state index in [4.69, 9.17) is 0 Å². The third-order valence-electron chi connectivity index (χ3n) is 3.31. The van der Waals surface area contributed by atoms with Crippen LogP contribution in [0.1, 0.15) is 40.0 Å². The van der Waals surface area contributed by atoms with Gasteiger partial charge in [-0.25, -0.2) is 0 Å². The molecule has 0 amide bonds. The van der Waals surface area contributed by atoms with Gasteiger partial charge in [-0.2, -0.15) is 0 Å². The number of hydrogen-bond acceptors (Lipinski definition) is 1. The molecule has 2 unspecified atom stereocenters. The minimum Gasteiger partial charge on any atom is -0.389 e. The van der Waals surface area contributed by atoms with Crippen LogP contribution in [0, 0.1) is 11.8 Å². The predicted octanol–water partition coefficient (Wildman–Crippen LogP) is 2.19. The molecule has 0 aromatic carbocycles. The number of rotatable bonds is 1. The van der Waals surface area contributed by atoms with Crippen LogP contribution in [0.5, 0.6) is 0 Å². The van der Waals surface area contributed by atoms with Crippen molar-refractivity contribution in [3.63, 3.8) is 0 Å². The SMILES string of the molecule is CCC1(O)C(C)CCC1C. The molecule has 1 rings (SSSR count). The Kier molecular flexibility index (Phi) is 2.04. The van der Waals surface area contributed by atoms with Gasteiger partial charge in [-0.1, -0.05) is 20.8 Å². The molecule has 60 valence electrons. The first kappa shape index (κ1) is 8.06. The molecule has 1 fully saturated rings. The van der Waals surface area contributed by atoms with Crippen molar-refractivity contribution in [2.75, 3.05) is 0 Å². The van der Waals surface area contributed by atoms with E-state index in [0.29, 0.717) is 11.8 Å². The summed E-state index contributed by atoms with van der Waals surface area (Å²) in [6.07, 6.45) is 3.31. The van der Waals surface area contributed by atoms with Gasteiger partial charge in [0.15, 0.2) is 0 Å². The molecule has 1 heteroatoms. The van der Waals surface area contributed by atoms with Crippen molar-refractivity contribution in [2.24, 2.45) is 11.8 Å². The zero-order chi connectivity index (χ0) is 7.78. The van der Waals surface area contributed by atoms with Gasteiger partial charge in [-0.05, 0) is 31.1 Å². The van der Waals surface area contributed by atoms with Gasteiger partial charge in [0.05, 0.1) is 5.60 Å². The molecule has 1 nitrogen and oxygen atoms in total. The maximum Gasteiger partial charge on any atom is 0.0695 e. The second-order valence-corrected chi connectivity index (χ2v) is 3.72. The molecule has 0 saturated heterocycles. The van der Waals surface area contributed by atoms with Gasteiger partial charge in [0.2, 0.25) is 0 Å². The molecule has 0 aromatic rings. The minimum atomic E-state index is -0.347. The molecule has 0 aromatic heterocycles. The minimum absolute atomic E-state index is 0.347. The third kappa shape index (κ3) is 0.968. The first-order valence-corrected chi connectivity index (χ1v) is 4.33. The molecule has 0 heterocycles. The Bertz CT molecular complexity index is 110. The fraction of sp³-hybridized carbons (Fsp3) is 1.00. The van der Waals surface area contributed by atoms with E-state index in [1.54, 1.807) is 0 Å². The van der Waals surface area contributed by atoms with Gasteiger partial charge in [-0.3, -0.25) is 0 Å². The van der Waals surface area contributed by atoms with Gasteiger partial charge in [-0.15, -0.1) is 0 Å². The molecule has 0 spiro atoms. The molecule has 1 saturated carbocycles. The Labute approximate surface area is 63.4 Å². The van der Waals surface area contributed by atoms with Crippen LogP contribution in [0.4, 0.5) is 0 Å². The lowest BCUT2D eigenvalue weighted by molar-refractivity contribution is -0.0284. The van der Waals surface area contributed by atoms with E-state index in [1.165, 1.54) is 12.8 Å². The third-order valence-corrected chi connectivity index (χ3v) is 3.31. The second-order valence-electron chi connectivity index (χ2n) is 3.72. The lowest BCUT2D eigenvalue weighted by Crippen LogP contribution is -2.36. The first-order valence-electron chi connectivity index (χ1n) is 4.33. The smallest absolute Gasteiger partial charge is 0.0695 e. The summed E-state index contributed by atoms with van der Waals surface area (Å²) in [6.45, 7) is 6.40. The maximum atomic E-state index is 10.0. The summed E-state index contributed by atoms with van der Waals surface area (Å²) < 4.78 is 0. The van der Waals surface area contributed by atoms with E-state index >= 15 is 0 Å². The van der Waals surface area contributed by atoms with Crippen LogP contribution in [-0.4, -0.2) is 10.7 Å². The van der Waals surface area contributed by atoms with Crippen LogP contribution in [-0.2, 0) is 0 Å². The summed E-state index contributed by atoms with van der Waals surface area (Å²) in [5.74, 6) is 1.01. The number of hydrogen-bond donors (Lipinski definition) is 1. The molecule has 2 atom stereocenters. The van der Waals surface area contributed by atoms with Gasteiger partial charge < -0.3 is 5.11 Å². The van der Waals surface area contributed by atoms with Crippen molar-refractivity contribution in [1.82, 2.24) is 0 Å². The quantitative estimate of drug-likeness (QED) is 0.595. The Morgan fingerprint density at radius 2 is 1.70 bits per heavy atom. The van der Waals surface area contributed by atoms with Crippen molar-refractivity contribution in [3.8, 4) is 0 Å². The maximum absolute atomic E-state index is 10.0. The van der Waals surface area contributed by atoms with Gasteiger partial charge in [0.25, 0.3) is 0 Å². The largest absolute Gasteiger partial charge is 0.389 e.